The minimum atomic E-state index is 0.757. The molecule has 0 saturated carbocycles. The molecule has 0 atom stereocenters. The van der Waals surface area contributed by atoms with Gasteiger partial charge in [0.2, 0.25) is 0 Å². The Balaban J connectivity index is 2.17. The normalized spacial score (nSPS) is 10.9. The van der Waals surface area contributed by atoms with Gasteiger partial charge < -0.3 is 9.64 Å². The number of ether oxygens (including phenoxy) is 1. The van der Waals surface area contributed by atoms with Crippen LogP contribution in [0.1, 0.15) is 12.5 Å². The number of aromatic nitrogens is 2. The summed E-state index contributed by atoms with van der Waals surface area (Å²) in [6, 6.07) is 7.87. The van der Waals surface area contributed by atoms with Crippen LogP contribution < -0.4 is 9.64 Å². The highest BCUT2D eigenvalue weighted by atomic mass is 32.1. The van der Waals surface area contributed by atoms with Crippen molar-refractivity contribution in [2.75, 3.05) is 25.6 Å². The van der Waals surface area contributed by atoms with Crippen molar-refractivity contribution in [3.05, 3.63) is 35.2 Å². The number of rotatable bonds is 4. The lowest BCUT2D eigenvalue weighted by atomic mass is 10.2. The fourth-order valence-corrected chi connectivity index (χ4v) is 3.27. The fourth-order valence-electron chi connectivity index (χ4n) is 2.36. The van der Waals surface area contributed by atoms with E-state index >= 15 is 0 Å². The van der Waals surface area contributed by atoms with Crippen molar-refractivity contribution in [3.63, 3.8) is 0 Å². The van der Waals surface area contributed by atoms with Crippen LogP contribution in [-0.2, 0) is 0 Å². The zero-order valence-electron chi connectivity index (χ0n) is 13.3. The molecule has 0 radical (unpaired) electrons. The van der Waals surface area contributed by atoms with E-state index in [4.69, 9.17) is 14.7 Å². The zero-order valence-corrected chi connectivity index (χ0v) is 14.1. The average molecular weight is 313 g/mol. The van der Waals surface area contributed by atoms with E-state index in [9.17, 15) is 0 Å². The van der Waals surface area contributed by atoms with Crippen molar-refractivity contribution in [2.24, 2.45) is 0 Å². The molecule has 2 heterocycles. The molecule has 4 nitrogen and oxygen atoms in total. The maximum Gasteiger partial charge on any atom is 0.163 e. The number of anilines is 1. The van der Waals surface area contributed by atoms with Crippen LogP contribution in [0, 0.1) is 6.92 Å². The molecule has 3 aromatic rings. The maximum absolute atomic E-state index is 5.21. The minimum Gasteiger partial charge on any atom is -0.497 e. The SMILES string of the molecule is CCN(C)c1nc(-c2ccc(OC)cc2)nc2scc(C)c12. The van der Waals surface area contributed by atoms with Gasteiger partial charge in [0.1, 0.15) is 16.4 Å². The van der Waals surface area contributed by atoms with E-state index in [1.807, 2.05) is 24.3 Å². The van der Waals surface area contributed by atoms with Gasteiger partial charge in [-0.25, -0.2) is 9.97 Å². The predicted octanol–water partition coefficient (Wildman–Crippen LogP) is 4.13. The van der Waals surface area contributed by atoms with Gasteiger partial charge in [0, 0.05) is 19.2 Å². The van der Waals surface area contributed by atoms with E-state index in [1.54, 1.807) is 18.4 Å². The zero-order chi connectivity index (χ0) is 15.7. The second-order valence-corrected chi connectivity index (χ2v) is 6.07. The Kier molecular flexibility index (Phi) is 3.98. The molecule has 2 aromatic heterocycles. The van der Waals surface area contributed by atoms with Gasteiger partial charge in [-0.2, -0.15) is 0 Å². The van der Waals surface area contributed by atoms with Gasteiger partial charge >= 0.3 is 0 Å². The number of benzene rings is 1. The lowest BCUT2D eigenvalue weighted by Crippen LogP contribution is -2.18. The summed E-state index contributed by atoms with van der Waals surface area (Å²) in [7, 11) is 3.73. The van der Waals surface area contributed by atoms with Gasteiger partial charge in [0.15, 0.2) is 5.82 Å². The van der Waals surface area contributed by atoms with E-state index in [0.29, 0.717) is 0 Å². The molecule has 0 fully saturated rings. The molecule has 0 aliphatic rings. The molecule has 3 rings (SSSR count). The summed E-state index contributed by atoms with van der Waals surface area (Å²) in [5.41, 5.74) is 2.23. The summed E-state index contributed by atoms with van der Waals surface area (Å²) in [6.07, 6.45) is 0. The Morgan fingerprint density at radius 1 is 1.18 bits per heavy atom. The quantitative estimate of drug-likeness (QED) is 0.726. The van der Waals surface area contributed by atoms with E-state index in [1.165, 1.54) is 5.56 Å². The first kappa shape index (κ1) is 14.8. The van der Waals surface area contributed by atoms with Crippen LogP contribution in [0.15, 0.2) is 29.6 Å². The van der Waals surface area contributed by atoms with Crippen LogP contribution in [0.3, 0.4) is 0 Å². The molecule has 0 aliphatic carbocycles. The molecule has 0 aliphatic heterocycles. The Hall–Kier alpha value is -2.14. The number of aryl methyl sites for hydroxylation is 1. The molecule has 0 saturated heterocycles. The smallest absolute Gasteiger partial charge is 0.163 e. The second kappa shape index (κ2) is 5.93. The Morgan fingerprint density at radius 2 is 1.91 bits per heavy atom. The van der Waals surface area contributed by atoms with Crippen LogP contribution in [0.4, 0.5) is 5.82 Å². The monoisotopic (exact) mass is 313 g/mol. The minimum absolute atomic E-state index is 0.757. The summed E-state index contributed by atoms with van der Waals surface area (Å²) in [5, 5.41) is 3.30. The summed E-state index contributed by atoms with van der Waals surface area (Å²) in [4.78, 5) is 12.7. The molecule has 0 N–H and O–H groups in total. The first-order chi connectivity index (χ1) is 10.6. The number of hydrogen-bond donors (Lipinski definition) is 0. The highest BCUT2D eigenvalue weighted by molar-refractivity contribution is 7.17. The van der Waals surface area contributed by atoms with Gasteiger partial charge in [-0.1, -0.05) is 0 Å². The van der Waals surface area contributed by atoms with Gasteiger partial charge in [0.25, 0.3) is 0 Å². The van der Waals surface area contributed by atoms with Crippen LogP contribution in [0.5, 0.6) is 5.75 Å². The van der Waals surface area contributed by atoms with Crippen molar-refractivity contribution in [2.45, 2.75) is 13.8 Å². The van der Waals surface area contributed by atoms with E-state index < -0.39 is 0 Å². The number of nitrogens with zero attached hydrogens (tertiary/aromatic N) is 3. The third-order valence-corrected chi connectivity index (χ3v) is 4.77. The van der Waals surface area contributed by atoms with E-state index in [0.717, 1.165) is 39.7 Å². The van der Waals surface area contributed by atoms with Gasteiger partial charge in [-0.3, -0.25) is 0 Å². The third kappa shape index (κ3) is 2.52. The molecule has 0 unspecified atom stereocenters. The lowest BCUT2D eigenvalue weighted by molar-refractivity contribution is 0.415. The number of thiophene rings is 1. The topological polar surface area (TPSA) is 38.2 Å². The number of hydrogen-bond acceptors (Lipinski definition) is 5. The third-order valence-electron chi connectivity index (χ3n) is 3.78. The maximum atomic E-state index is 5.21. The number of fused-ring (bicyclic) bond motifs is 1. The summed E-state index contributed by atoms with van der Waals surface area (Å²) < 4.78 is 5.21. The highest BCUT2D eigenvalue weighted by Crippen LogP contribution is 2.33. The molecule has 1 aromatic carbocycles. The first-order valence-corrected chi connectivity index (χ1v) is 8.13. The Morgan fingerprint density at radius 3 is 2.55 bits per heavy atom. The largest absolute Gasteiger partial charge is 0.497 e. The summed E-state index contributed by atoms with van der Waals surface area (Å²) in [6.45, 7) is 5.15. The van der Waals surface area contributed by atoms with Gasteiger partial charge in [-0.15, -0.1) is 11.3 Å². The van der Waals surface area contributed by atoms with Crippen molar-refractivity contribution in [1.82, 2.24) is 9.97 Å². The molecule has 114 valence electrons. The summed E-state index contributed by atoms with van der Waals surface area (Å²) in [5.74, 6) is 2.59. The van der Waals surface area contributed by atoms with Crippen LogP contribution >= 0.6 is 11.3 Å². The lowest BCUT2D eigenvalue weighted by Gasteiger charge is -2.18. The standard InChI is InChI=1S/C17H19N3OS/c1-5-20(3)16-14-11(2)10-22-17(14)19-15(18-16)12-6-8-13(21-4)9-7-12/h6-10H,5H2,1-4H3. The van der Waals surface area contributed by atoms with Gasteiger partial charge in [0.05, 0.1) is 12.5 Å². The second-order valence-electron chi connectivity index (χ2n) is 5.21. The molecule has 0 amide bonds. The first-order valence-electron chi connectivity index (χ1n) is 7.25. The van der Waals surface area contributed by atoms with Crippen LogP contribution in [0.25, 0.3) is 21.6 Å². The Bertz CT molecular complexity index is 796. The highest BCUT2D eigenvalue weighted by Gasteiger charge is 2.15. The molecule has 0 bridgehead atoms. The van der Waals surface area contributed by atoms with E-state index in [2.05, 4.69) is 31.2 Å². The number of methoxy groups -OCH3 is 1. The Labute approximate surface area is 134 Å². The molecule has 22 heavy (non-hydrogen) atoms. The van der Waals surface area contributed by atoms with Crippen molar-refractivity contribution in [1.29, 1.82) is 0 Å². The molecular formula is C17H19N3OS. The molecular weight excluding hydrogens is 294 g/mol. The summed E-state index contributed by atoms with van der Waals surface area (Å²) >= 11 is 1.67. The molecule has 5 heteroatoms. The van der Waals surface area contributed by atoms with Gasteiger partial charge in [-0.05, 0) is 49.1 Å². The fraction of sp³-hybridized carbons (Fsp3) is 0.294. The van der Waals surface area contributed by atoms with Crippen molar-refractivity contribution in [3.8, 4) is 17.1 Å². The van der Waals surface area contributed by atoms with Crippen LogP contribution in [-0.4, -0.2) is 30.7 Å². The van der Waals surface area contributed by atoms with Crippen molar-refractivity contribution >= 4 is 27.4 Å². The van der Waals surface area contributed by atoms with E-state index in [-0.39, 0.29) is 0 Å². The van der Waals surface area contributed by atoms with Crippen LogP contribution in [0.2, 0.25) is 0 Å². The van der Waals surface area contributed by atoms with Crippen molar-refractivity contribution < 1.29 is 4.74 Å². The predicted molar refractivity (Wildman–Crippen MR) is 93.1 cm³/mol. The average Bonchev–Trinajstić information content (AvgIpc) is 2.94. The molecule has 0 spiro atoms.